The van der Waals surface area contributed by atoms with Crippen molar-refractivity contribution in [1.29, 1.82) is 0 Å². The molecule has 1 heterocycles. The van der Waals surface area contributed by atoms with Crippen molar-refractivity contribution in [2.75, 3.05) is 13.6 Å². The third kappa shape index (κ3) is 2.44. The van der Waals surface area contributed by atoms with Crippen LogP contribution in [0.5, 0.6) is 0 Å². The molecular weight excluding hydrogens is 240 g/mol. The number of nitrogens with two attached hydrogens (primary N) is 1. The van der Waals surface area contributed by atoms with Crippen LogP contribution in [-0.4, -0.2) is 13.6 Å². The summed E-state index contributed by atoms with van der Waals surface area (Å²) in [5.41, 5.74) is 7.31. The van der Waals surface area contributed by atoms with Gasteiger partial charge in [0.15, 0.2) is 0 Å². The van der Waals surface area contributed by atoms with Crippen LogP contribution in [0.4, 0.5) is 0 Å². The van der Waals surface area contributed by atoms with Gasteiger partial charge in [-0.15, -0.1) is 11.3 Å². The number of rotatable bonds is 5. The molecule has 0 aliphatic rings. The predicted molar refractivity (Wildman–Crippen MR) is 81.1 cm³/mol. The Morgan fingerprint density at radius 3 is 2.72 bits per heavy atom. The molecular formula is C15H22N2S. The van der Waals surface area contributed by atoms with Crippen molar-refractivity contribution < 1.29 is 0 Å². The van der Waals surface area contributed by atoms with Gasteiger partial charge in [0.2, 0.25) is 0 Å². The highest BCUT2D eigenvalue weighted by molar-refractivity contribution is 7.17. The van der Waals surface area contributed by atoms with Crippen LogP contribution in [0.25, 0.3) is 10.1 Å². The lowest BCUT2D eigenvalue weighted by Gasteiger charge is -2.34. The smallest absolute Gasteiger partial charge is 0.0384 e. The van der Waals surface area contributed by atoms with Gasteiger partial charge in [-0.25, -0.2) is 0 Å². The van der Waals surface area contributed by atoms with E-state index in [1.807, 2.05) is 18.4 Å². The quantitative estimate of drug-likeness (QED) is 0.865. The molecule has 0 aliphatic carbocycles. The Morgan fingerprint density at radius 1 is 1.33 bits per heavy atom. The molecule has 2 rings (SSSR count). The normalized spacial score (nSPS) is 14.0. The average Bonchev–Trinajstić information content (AvgIpc) is 2.74. The molecule has 0 saturated heterocycles. The molecule has 1 atom stereocenters. The van der Waals surface area contributed by atoms with E-state index in [0.29, 0.717) is 6.04 Å². The largest absolute Gasteiger partial charge is 0.330 e. The Hall–Kier alpha value is -0.900. The number of nitrogens with one attached hydrogen (secondary N) is 1. The molecule has 0 aliphatic heterocycles. The number of hydrogen-bond donors (Lipinski definition) is 2. The molecule has 0 amide bonds. The maximum atomic E-state index is 5.75. The third-order valence-electron chi connectivity index (χ3n) is 3.68. The van der Waals surface area contributed by atoms with Gasteiger partial charge in [-0.05, 0) is 47.8 Å². The summed E-state index contributed by atoms with van der Waals surface area (Å²) in [5, 5.41) is 7.12. The van der Waals surface area contributed by atoms with Crippen LogP contribution in [0.3, 0.4) is 0 Å². The van der Waals surface area contributed by atoms with Crippen molar-refractivity contribution >= 4 is 21.4 Å². The Bertz CT molecular complexity index is 516. The lowest BCUT2D eigenvalue weighted by molar-refractivity contribution is 0.241. The zero-order valence-corrected chi connectivity index (χ0v) is 12.2. The van der Waals surface area contributed by atoms with Crippen LogP contribution in [0.1, 0.15) is 31.9 Å². The summed E-state index contributed by atoms with van der Waals surface area (Å²) in [4.78, 5) is 0. The van der Waals surface area contributed by atoms with E-state index in [-0.39, 0.29) is 5.41 Å². The van der Waals surface area contributed by atoms with E-state index in [1.165, 1.54) is 15.6 Å². The van der Waals surface area contributed by atoms with Crippen LogP contribution in [0.15, 0.2) is 29.6 Å². The first-order valence-corrected chi connectivity index (χ1v) is 7.31. The molecule has 0 bridgehead atoms. The van der Waals surface area contributed by atoms with Crippen molar-refractivity contribution in [2.45, 2.75) is 26.3 Å². The van der Waals surface area contributed by atoms with E-state index in [2.05, 4.69) is 48.8 Å². The minimum Gasteiger partial charge on any atom is -0.330 e. The molecule has 98 valence electrons. The highest BCUT2D eigenvalue weighted by Crippen LogP contribution is 2.40. The van der Waals surface area contributed by atoms with E-state index >= 15 is 0 Å². The summed E-state index contributed by atoms with van der Waals surface area (Å²) in [7, 11) is 2.04. The van der Waals surface area contributed by atoms with Gasteiger partial charge in [-0.1, -0.05) is 32.0 Å². The molecule has 0 radical (unpaired) electrons. The van der Waals surface area contributed by atoms with Crippen LogP contribution < -0.4 is 11.1 Å². The zero-order chi connectivity index (χ0) is 13.2. The van der Waals surface area contributed by atoms with Crippen LogP contribution >= 0.6 is 11.3 Å². The van der Waals surface area contributed by atoms with Gasteiger partial charge in [0.1, 0.15) is 0 Å². The second kappa shape index (κ2) is 5.39. The van der Waals surface area contributed by atoms with Crippen LogP contribution in [0.2, 0.25) is 0 Å². The molecule has 0 spiro atoms. The van der Waals surface area contributed by atoms with Crippen molar-refractivity contribution in [3.63, 3.8) is 0 Å². The summed E-state index contributed by atoms with van der Waals surface area (Å²) >= 11 is 1.82. The molecule has 0 saturated carbocycles. The average molecular weight is 262 g/mol. The summed E-state index contributed by atoms with van der Waals surface area (Å²) in [6, 6.07) is 8.96. The third-order valence-corrected chi connectivity index (χ3v) is 4.66. The fraction of sp³-hybridized carbons (Fsp3) is 0.467. The standard InChI is InChI=1S/C15H22N2S/c1-15(2,8-9-16)14(17-3)12-10-18-13-7-5-4-6-11(12)13/h4-7,10,14,17H,8-9,16H2,1-3H3. The van der Waals surface area contributed by atoms with Gasteiger partial charge in [-0.2, -0.15) is 0 Å². The fourth-order valence-electron chi connectivity index (χ4n) is 2.71. The summed E-state index contributed by atoms with van der Waals surface area (Å²) in [6.07, 6.45) is 1.02. The van der Waals surface area contributed by atoms with Gasteiger partial charge in [0.05, 0.1) is 0 Å². The monoisotopic (exact) mass is 262 g/mol. The highest BCUT2D eigenvalue weighted by Gasteiger charge is 2.30. The molecule has 1 aromatic heterocycles. The zero-order valence-electron chi connectivity index (χ0n) is 11.4. The Kier molecular flexibility index (Phi) is 4.05. The lowest BCUT2D eigenvalue weighted by Crippen LogP contribution is -2.33. The van der Waals surface area contributed by atoms with E-state index in [0.717, 1.165) is 13.0 Å². The van der Waals surface area contributed by atoms with E-state index < -0.39 is 0 Å². The molecule has 0 fully saturated rings. The van der Waals surface area contributed by atoms with Crippen LogP contribution in [0, 0.1) is 5.41 Å². The van der Waals surface area contributed by atoms with Gasteiger partial charge < -0.3 is 11.1 Å². The fourth-order valence-corrected chi connectivity index (χ4v) is 3.69. The van der Waals surface area contributed by atoms with Gasteiger partial charge in [-0.3, -0.25) is 0 Å². The molecule has 3 N–H and O–H groups in total. The maximum Gasteiger partial charge on any atom is 0.0384 e. The number of benzene rings is 1. The Labute approximate surface area is 113 Å². The van der Waals surface area contributed by atoms with Crippen molar-refractivity contribution in [3.8, 4) is 0 Å². The highest BCUT2D eigenvalue weighted by atomic mass is 32.1. The first-order valence-electron chi connectivity index (χ1n) is 6.43. The van der Waals surface area contributed by atoms with Gasteiger partial charge in [0.25, 0.3) is 0 Å². The summed E-state index contributed by atoms with van der Waals surface area (Å²) in [5.74, 6) is 0. The first-order chi connectivity index (χ1) is 8.60. The number of thiophene rings is 1. The first kappa shape index (κ1) is 13.5. The second-order valence-electron chi connectivity index (χ2n) is 5.44. The van der Waals surface area contributed by atoms with Crippen LogP contribution in [-0.2, 0) is 0 Å². The molecule has 2 aromatic rings. The van der Waals surface area contributed by atoms with Crippen molar-refractivity contribution in [1.82, 2.24) is 5.32 Å². The Balaban J connectivity index is 2.44. The summed E-state index contributed by atoms with van der Waals surface area (Å²) in [6.45, 7) is 5.30. The minimum atomic E-state index is 0.160. The predicted octanol–water partition coefficient (Wildman–Crippen LogP) is 3.54. The van der Waals surface area contributed by atoms with E-state index in [4.69, 9.17) is 5.73 Å². The maximum absolute atomic E-state index is 5.75. The SMILES string of the molecule is CNC(c1csc2ccccc12)C(C)(C)CCN. The molecule has 2 nitrogen and oxygen atoms in total. The van der Waals surface area contributed by atoms with E-state index in [1.54, 1.807) is 0 Å². The Morgan fingerprint density at radius 2 is 2.06 bits per heavy atom. The minimum absolute atomic E-state index is 0.160. The molecule has 1 unspecified atom stereocenters. The molecule has 3 heteroatoms. The second-order valence-corrected chi connectivity index (χ2v) is 6.35. The van der Waals surface area contributed by atoms with Crippen molar-refractivity contribution in [3.05, 3.63) is 35.2 Å². The summed E-state index contributed by atoms with van der Waals surface area (Å²) < 4.78 is 1.36. The lowest BCUT2D eigenvalue weighted by atomic mass is 9.78. The molecule has 1 aromatic carbocycles. The van der Waals surface area contributed by atoms with Gasteiger partial charge in [0, 0.05) is 10.7 Å². The number of hydrogen-bond acceptors (Lipinski definition) is 3. The molecule has 18 heavy (non-hydrogen) atoms. The topological polar surface area (TPSA) is 38.0 Å². The van der Waals surface area contributed by atoms with Crippen molar-refractivity contribution in [2.24, 2.45) is 11.1 Å². The van der Waals surface area contributed by atoms with E-state index in [9.17, 15) is 0 Å². The van der Waals surface area contributed by atoms with Gasteiger partial charge >= 0.3 is 0 Å². The number of fused-ring (bicyclic) bond motifs is 1.